The second-order valence-electron chi connectivity index (χ2n) is 1.92. The van der Waals surface area contributed by atoms with Crippen LogP contribution in [0, 0.1) is 0 Å². The van der Waals surface area contributed by atoms with Gasteiger partial charge in [-0.3, -0.25) is 0 Å². The van der Waals surface area contributed by atoms with Gasteiger partial charge in [-0.2, -0.15) is 0 Å². The van der Waals surface area contributed by atoms with Gasteiger partial charge in [0.1, 0.15) is 0 Å². The molecule has 11 heavy (non-hydrogen) atoms. The van der Waals surface area contributed by atoms with E-state index in [9.17, 15) is 0 Å². The van der Waals surface area contributed by atoms with Crippen LogP contribution in [0.25, 0.3) is 0 Å². The molecule has 2 aromatic rings. The van der Waals surface area contributed by atoms with Crippen LogP contribution in [0.15, 0.2) is 55.1 Å². The van der Waals surface area contributed by atoms with Crippen LogP contribution in [0.4, 0.5) is 0 Å². The predicted octanol–water partition coefficient (Wildman–Crippen LogP) is 2.10. The Bertz CT molecular complexity index is 193. The van der Waals surface area contributed by atoms with Crippen LogP contribution in [-0.4, -0.2) is 9.97 Å². The topological polar surface area (TPSA) is 28.7 Å². The highest BCUT2D eigenvalue weighted by molar-refractivity contribution is 4.99. The molecule has 0 amide bonds. The van der Waals surface area contributed by atoms with Crippen LogP contribution < -0.4 is 0 Å². The molecule has 0 aliphatic carbocycles. The minimum absolute atomic E-state index is 1.62. The van der Waals surface area contributed by atoms with Crippen molar-refractivity contribution in [2.75, 3.05) is 0 Å². The summed E-state index contributed by atoms with van der Waals surface area (Å²) in [5.74, 6) is 0. The number of rotatable bonds is 0. The first-order chi connectivity index (χ1) is 5.50. The van der Waals surface area contributed by atoms with Crippen molar-refractivity contribution >= 4 is 0 Å². The second-order valence-corrected chi connectivity index (χ2v) is 1.92. The van der Waals surface area contributed by atoms with Crippen molar-refractivity contribution in [1.82, 2.24) is 9.97 Å². The van der Waals surface area contributed by atoms with Gasteiger partial charge in [-0.1, -0.05) is 36.4 Å². The average molecular weight is 146 g/mol. The lowest BCUT2D eigenvalue weighted by Gasteiger charge is -1.69. The fourth-order valence-electron chi connectivity index (χ4n) is 0.600. The minimum Gasteiger partial charge on any atom is -0.351 e. The molecule has 1 aromatic carbocycles. The molecule has 0 aliphatic heterocycles. The van der Waals surface area contributed by atoms with Crippen LogP contribution in [0.5, 0.6) is 0 Å². The van der Waals surface area contributed by atoms with Gasteiger partial charge in [0, 0.05) is 12.4 Å². The molecule has 1 heterocycles. The van der Waals surface area contributed by atoms with E-state index in [1.807, 2.05) is 36.4 Å². The van der Waals surface area contributed by atoms with Crippen LogP contribution >= 0.6 is 0 Å². The summed E-state index contributed by atoms with van der Waals surface area (Å²) in [4.78, 5) is 6.42. The van der Waals surface area contributed by atoms with Crippen molar-refractivity contribution in [3.63, 3.8) is 0 Å². The summed E-state index contributed by atoms with van der Waals surface area (Å²) >= 11 is 0. The summed E-state index contributed by atoms with van der Waals surface area (Å²) in [5, 5.41) is 0. The Kier molecular flexibility index (Phi) is 3.59. The highest BCUT2D eigenvalue weighted by Gasteiger charge is 1.58. The number of H-pyrrole nitrogens is 1. The van der Waals surface area contributed by atoms with E-state index in [2.05, 4.69) is 9.97 Å². The van der Waals surface area contributed by atoms with Crippen molar-refractivity contribution in [3.8, 4) is 0 Å². The fraction of sp³-hybridized carbons (Fsp3) is 0. The summed E-state index contributed by atoms with van der Waals surface area (Å²) in [7, 11) is 0. The predicted molar refractivity (Wildman–Crippen MR) is 45.0 cm³/mol. The lowest BCUT2D eigenvalue weighted by atomic mass is 10.4. The van der Waals surface area contributed by atoms with Gasteiger partial charge in [0.2, 0.25) is 0 Å². The molecule has 0 bridgehead atoms. The Morgan fingerprint density at radius 3 is 1.55 bits per heavy atom. The summed E-state index contributed by atoms with van der Waals surface area (Å²) in [6.07, 6.45) is 5.08. The number of hydrogen-bond donors (Lipinski definition) is 1. The van der Waals surface area contributed by atoms with Crippen LogP contribution in [0.3, 0.4) is 0 Å². The fourth-order valence-corrected chi connectivity index (χ4v) is 0.600. The maximum absolute atomic E-state index is 3.67. The maximum Gasteiger partial charge on any atom is 0.0919 e. The largest absolute Gasteiger partial charge is 0.351 e. The van der Waals surface area contributed by atoms with E-state index in [4.69, 9.17) is 0 Å². The first kappa shape index (κ1) is 7.54. The molecular weight excluding hydrogens is 136 g/mol. The lowest BCUT2D eigenvalue weighted by molar-refractivity contribution is 1.31. The molecule has 2 rings (SSSR count). The van der Waals surface area contributed by atoms with Crippen molar-refractivity contribution in [3.05, 3.63) is 55.1 Å². The third-order valence-corrected chi connectivity index (χ3v) is 1.07. The number of aromatic nitrogens is 2. The number of nitrogens with zero attached hydrogens (tertiary/aromatic N) is 1. The van der Waals surface area contributed by atoms with Gasteiger partial charge < -0.3 is 4.98 Å². The Morgan fingerprint density at radius 1 is 0.818 bits per heavy atom. The van der Waals surface area contributed by atoms with Gasteiger partial charge in [-0.25, -0.2) is 4.98 Å². The lowest BCUT2D eigenvalue weighted by Crippen LogP contribution is -1.47. The molecule has 1 aromatic heterocycles. The zero-order valence-electron chi connectivity index (χ0n) is 6.14. The zero-order valence-corrected chi connectivity index (χ0v) is 6.14. The minimum atomic E-state index is 1.62. The Morgan fingerprint density at radius 2 is 1.36 bits per heavy atom. The van der Waals surface area contributed by atoms with E-state index in [1.165, 1.54) is 0 Å². The second kappa shape index (κ2) is 5.23. The van der Waals surface area contributed by atoms with Crippen molar-refractivity contribution in [2.24, 2.45) is 0 Å². The molecule has 2 heteroatoms. The summed E-state index contributed by atoms with van der Waals surface area (Å²) in [5.41, 5.74) is 0. The van der Waals surface area contributed by atoms with Gasteiger partial charge in [0.25, 0.3) is 0 Å². The molecule has 0 radical (unpaired) electrons. The van der Waals surface area contributed by atoms with Gasteiger partial charge >= 0.3 is 0 Å². The molecule has 0 fully saturated rings. The molecule has 0 atom stereocenters. The summed E-state index contributed by atoms with van der Waals surface area (Å²) in [6.45, 7) is 0. The van der Waals surface area contributed by atoms with E-state index >= 15 is 0 Å². The van der Waals surface area contributed by atoms with Gasteiger partial charge in [-0.15, -0.1) is 0 Å². The van der Waals surface area contributed by atoms with E-state index in [0.29, 0.717) is 0 Å². The highest BCUT2D eigenvalue weighted by Crippen LogP contribution is 1.79. The average Bonchev–Trinajstić information content (AvgIpc) is 2.64. The van der Waals surface area contributed by atoms with Crippen molar-refractivity contribution in [2.45, 2.75) is 0 Å². The SMILES string of the molecule is c1c[nH]cn1.c1ccccc1. The molecule has 56 valence electrons. The zero-order chi connectivity index (χ0) is 7.78. The van der Waals surface area contributed by atoms with Gasteiger partial charge in [0.15, 0.2) is 0 Å². The first-order valence-corrected chi connectivity index (χ1v) is 3.43. The Labute approximate surface area is 65.9 Å². The Hall–Kier alpha value is -1.57. The van der Waals surface area contributed by atoms with Crippen LogP contribution in [0.2, 0.25) is 0 Å². The number of aromatic amines is 1. The normalized spacial score (nSPS) is 8.00. The van der Waals surface area contributed by atoms with Gasteiger partial charge in [-0.05, 0) is 0 Å². The number of benzene rings is 1. The van der Waals surface area contributed by atoms with Crippen LogP contribution in [0.1, 0.15) is 0 Å². The monoisotopic (exact) mass is 146 g/mol. The first-order valence-electron chi connectivity index (χ1n) is 3.43. The molecule has 2 nitrogen and oxygen atoms in total. The van der Waals surface area contributed by atoms with E-state index in [-0.39, 0.29) is 0 Å². The molecule has 0 unspecified atom stereocenters. The van der Waals surface area contributed by atoms with Crippen molar-refractivity contribution in [1.29, 1.82) is 0 Å². The summed E-state index contributed by atoms with van der Waals surface area (Å²) in [6, 6.07) is 12.0. The van der Waals surface area contributed by atoms with Crippen LogP contribution in [-0.2, 0) is 0 Å². The van der Waals surface area contributed by atoms with E-state index < -0.39 is 0 Å². The Balaban J connectivity index is 0.000000112. The third-order valence-electron chi connectivity index (χ3n) is 1.07. The molecule has 0 saturated carbocycles. The number of nitrogens with one attached hydrogen (secondary N) is 1. The maximum atomic E-state index is 3.67. The molecule has 0 saturated heterocycles. The number of hydrogen-bond acceptors (Lipinski definition) is 1. The molecular formula is C9H10N2. The molecule has 0 aliphatic rings. The van der Waals surface area contributed by atoms with Crippen molar-refractivity contribution < 1.29 is 0 Å². The summed E-state index contributed by atoms with van der Waals surface area (Å²) < 4.78 is 0. The quantitative estimate of drug-likeness (QED) is 0.605. The van der Waals surface area contributed by atoms with E-state index in [0.717, 1.165) is 0 Å². The smallest absolute Gasteiger partial charge is 0.0919 e. The standard InChI is InChI=1S/C6H6.C3H4N2/c1-2-4-6-5-3-1;1-2-5-3-4-1/h1-6H;1-3H,(H,4,5). The number of imidazole rings is 1. The highest BCUT2D eigenvalue weighted by atomic mass is 14.8. The van der Waals surface area contributed by atoms with Gasteiger partial charge in [0.05, 0.1) is 6.33 Å². The van der Waals surface area contributed by atoms with E-state index in [1.54, 1.807) is 18.7 Å². The third kappa shape index (κ3) is 3.92. The molecule has 0 spiro atoms. The molecule has 1 N–H and O–H groups in total.